The van der Waals surface area contributed by atoms with Crippen molar-refractivity contribution in [3.8, 4) is 16.3 Å². The lowest BCUT2D eigenvalue weighted by molar-refractivity contribution is -0.137. The minimum Gasteiger partial charge on any atom is -0.490 e. The minimum atomic E-state index is -4.54. The number of thiazole rings is 1. The zero-order chi connectivity index (χ0) is 26.2. The van der Waals surface area contributed by atoms with Gasteiger partial charge in [-0.3, -0.25) is 9.10 Å². The smallest absolute Gasteiger partial charge is 0.416 e. The number of amides is 1. The Balaban J connectivity index is 1.41. The molecule has 0 saturated heterocycles. The number of halogens is 3. The summed E-state index contributed by atoms with van der Waals surface area (Å²) in [6.07, 6.45) is -4.54. The molecular formula is C25H18F3N3O4S2. The Hall–Kier alpha value is -3.90. The first-order valence-corrected chi connectivity index (χ1v) is 13.2. The fourth-order valence-electron chi connectivity index (χ4n) is 3.76. The zero-order valence-electron chi connectivity index (χ0n) is 18.9. The first-order chi connectivity index (χ1) is 17.6. The van der Waals surface area contributed by atoms with Crippen molar-refractivity contribution in [1.82, 2.24) is 4.98 Å². The van der Waals surface area contributed by atoms with Crippen LogP contribution >= 0.6 is 11.3 Å². The van der Waals surface area contributed by atoms with Crippen molar-refractivity contribution in [2.24, 2.45) is 0 Å². The Morgan fingerprint density at radius 3 is 2.46 bits per heavy atom. The molecule has 0 aliphatic carbocycles. The highest BCUT2D eigenvalue weighted by molar-refractivity contribution is 7.93. The van der Waals surface area contributed by atoms with Gasteiger partial charge in [0, 0.05) is 16.6 Å². The van der Waals surface area contributed by atoms with E-state index in [0.717, 1.165) is 34.1 Å². The van der Waals surface area contributed by atoms with Gasteiger partial charge < -0.3 is 10.1 Å². The van der Waals surface area contributed by atoms with E-state index in [1.54, 1.807) is 5.38 Å². The third-order valence-corrected chi connectivity index (χ3v) is 8.30. The normalized spacial score (nSPS) is 14.8. The predicted molar refractivity (Wildman–Crippen MR) is 133 cm³/mol. The maximum Gasteiger partial charge on any atom is 0.416 e. The lowest BCUT2D eigenvalue weighted by Crippen LogP contribution is -2.32. The van der Waals surface area contributed by atoms with Crippen molar-refractivity contribution >= 4 is 38.6 Å². The van der Waals surface area contributed by atoms with Crippen LogP contribution in [0, 0.1) is 0 Å². The van der Waals surface area contributed by atoms with E-state index >= 15 is 0 Å². The summed E-state index contributed by atoms with van der Waals surface area (Å²) in [5, 5.41) is 4.92. The van der Waals surface area contributed by atoms with Gasteiger partial charge in [0.05, 0.1) is 17.8 Å². The summed E-state index contributed by atoms with van der Waals surface area (Å²) < 4.78 is 72.4. The van der Waals surface area contributed by atoms with Crippen LogP contribution in [0.3, 0.4) is 0 Å². The van der Waals surface area contributed by atoms with Gasteiger partial charge >= 0.3 is 6.18 Å². The number of nitrogens with one attached hydrogen (secondary N) is 1. The van der Waals surface area contributed by atoms with E-state index in [1.807, 2.05) is 30.3 Å². The average molecular weight is 546 g/mol. The standard InChI is InChI=1S/C25H18F3N3O4S2/c26-25(27,28)17-6-9-19(10-7-17)31-12-13-35-21-11-8-18(14-22(21)37(31,33)34)29-23(32)20-15-36-24(30-20)16-4-2-1-3-5-16/h1-11,14-15H,12-13H2,(H,29,32). The first-order valence-electron chi connectivity index (χ1n) is 10.9. The molecule has 12 heteroatoms. The number of ether oxygens (including phenoxy) is 1. The third kappa shape index (κ3) is 5.02. The van der Waals surface area contributed by atoms with Crippen molar-refractivity contribution in [3.05, 3.63) is 89.4 Å². The number of rotatable bonds is 4. The second kappa shape index (κ2) is 9.52. The van der Waals surface area contributed by atoms with E-state index in [0.29, 0.717) is 5.01 Å². The van der Waals surface area contributed by atoms with Crippen LogP contribution in [0.25, 0.3) is 10.6 Å². The SMILES string of the molecule is O=C(Nc1ccc2c(c1)S(=O)(=O)N(c1ccc(C(F)(F)F)cc1)CCO2)c1csc(-c2ccccc2)n1. The molecule has 5 rings (SSSR count). The number of carbonyl (C=O) groups is 1. The summed E-state index contributed by atoms with van der Waals surface area (Å²) in [5.74, 6) is -0.447. The molecule has 37 heavy (non-hydrogen) atoms. The Kier molecular flexibility index (Phi) is 6.38. The molecule has 1 aliphatic rings. The van der Waals surface area contributed by atoms with Crippen molar-refractivity contribution < 1.29 is 31.1 Å². The summed E-state index contributed by atoms with van der Waals surface area (Å²) in [4.78, 5) is 16.9. The van der Waals surface area contributed by atoms with E-state index in [2.05, 4.69) is 10.3 Å². The molecule has 0 unspecified atom stereocenters. The van der Waals surface area contributed by atoms with E-state index < -0.39 is 27.7 Å². The molecule has 0 atom stereocenters. The third-order valence-electron chi connectivity index (χ3n) is 5.56. The van der Waals surface area contributed by atoms with Crippen molar-refractivity contribution in [3.63, 3.8) is 0 Å². The topological polar surface area (TPSA) is 88.6 Å². The van der Waals surface area contributed by atoms with Gasteiger partial charge in [-0.2, -0.15) is 13.2 Å². The zero-order valence-corrected chi connectivity index (χ0v) is 20.5. The Bertz CT molecular complexity index is 1550. The van der Waals surface area contributed by atoms with Crippen molar-refractivity contribution in [1.29, 1.82) is 0 Å². The van der Waals surface area contributed by atoms with Gasteiger partial charge in [0.15, 0.2) is 0 Å². The number of nitrogens with zero attached hydrogens (tertiary/aromatic N) is 2. The fraction of sp³-hybridized carbons (Fsp3) is 0.120. The van der Waals surface area contributed by atoms with Gasteiger partial charge in [-0.15, -0.1) is 11.3 Å². The average Bonchev–Trinajstić information content (AvgIpc) is 3.33. The van der Waals surface area contributed by atoms with Crippen molar-refractivity contribution in [2.75, 3.05) is 22.8 Å². The molecule has 0 saturated carbocycles. The second-order valence-corrected chi connectivity index (χ2v) is 10.7. The molecule has 4 aromatic rings. The molecule has 1 amide bonds. The number of alkyl halides is 3. The summed E-state index contributed by atoms with van der Waals surface area (Å²) in [5.41, 5.74) is 0.407. The number of anilines is 2. The molecular weight excluding hydrogens is 527 g/mol. The Labute approximate surface area is 214 Å². The van der Waals surface area contributed by atoms with Crippen LogP contribution in [-0.4, -0.2) is 32.5 Å². The maximum absolute atomic E-state index is 13.5. The molecule has 190 valence electrons. The summed E-state index contributed by atoms with van der Waals surface area (Å²) in [6.45, 7) is -0.120. The number of sulfonamides is 1. The van der Waals surface area contributed by atoms with Gasteiger partial charge in [-0.1, -0.05) is 30.3 Å². The highest BCUT2D eigenvalue weighted by Crippen LogP contribution is 2.36. The van der Waals surface area contributed by atoms with E-state index in [-0.39, 0.29) is 40.9 Å². The van der Waals surface area contributed by atoms with Gasteiger partial charge in [0.2, 0.25) is 0 Å². The first kappa shape index (κ1) is 24.8. The highest BCUT2D eigenvalue weighted by atomic mass is 32.2. The molecule has 0 radical (unpaired) electrons. The van der Waals surface area contributed by atoms with Crippen LogP contribution in [-0.2, 0) is 16.2 Å². The molecule has 1 N–H and O–H groups in total. The fourth-order valence-corrected chi connectivity index (χ4v) is 6.17. The van der Waals surface area contributed by atoms with Crippen LogP contribution in [0.1, 0.15) is 16.1 Å². The van der Waals surface area contributed by atoms with Crippen molar-refractivity contribution in [2.45, 2.75) is 11.1 Å². The molecule has 0 spiro atoms. The summed E-state index contributed by atoms with van der Waals surface area (Å²) in [7, 11) is -4.21. The summed E-state index contributed by atoms with van der Waals surface area (Å²) >= 11 is 1.30. The molecule has 3 aromatic carbocycles. The van der Waals surface area contributed by atoms with E-state index in [9.17, 15) is 26.4 Å². The monoisotopic (exact) mass is 545 g/mol. The molecule has 1 aromatic heterocycles. The quantitative estimate of drug-likeness (QED) is 0.357. The van der Waals surface area contributed by atoms with Crippen LogP contribution in [0.2, 0.25) is 0 Å². The van der Waals surface area contributed by atoms with Crippen LogP contribution in [0.5, 0.6) is 5.75 Å². The largest absolute Gasteiger partial charge is 0.490 e. The predicted octanol–water partition coefficient (Wildman–Crippen LogP) is 5.67. The van der Waals surface area contributed by atoms with Crippen LogP contribution in [0.4, 0.5) is 24.5 Å². The van der Waals surface area contributed by atoms with Crippen LogP contribution < -0.4 is 14.4 Å². The number of hydrogen-bond acceptors (Lipinski definition) is 6. The number of fused-ring (bicyclic) bond motifs is 1. The van der Waals surface area contributed by atoms with Crippen LogP contribution in [0.15, 0.2) is 83.1 Å². The Morgan fingerprint density at radius 1 is 1.03 bits per heavy atom. The molecule has 1 aliphatic heterocycles. The molecule has 0 fully saturated rings. The molecule has 2 heterocycles. The highest BCUT2D eigenvalue weighted by Gasteiger charge is 2.34. The van der Waals surface area contributed by atoms with E-state index in [4.69, 9.17) is 4.74 Å². The molecule has 7 nitrogen and oxygen atoms in total. The second-order valence-electron chi connectivity index (χ2n) is 7.99. The summed E-state index contributed by atoms with van der Waals surface area (Å²) in [6, 6.07) is 17.4. The number of benzene rings is 3. The molecule has 0 bridgehead atoms. The Morgan fingerprint density at radius 2 is 1.76 bits per heavy atom. The van der Waals surface area contributed by atoms with Gasteiger partial charge in [0.1, 0.15) is 28.0 Å². The number of carbonyl (C=O) groups excluding carboxylic acids is 1. The lowest BCUT2D eigenvalue weighted by atomic mass is 10.2. The maximum atomic E-state index is 13.5. The number of hydrogen-bond donors (Lipinski definition) is 1. The van der Waals surface area contributed by atoms with Gasteiger partial charge in [0.25, 0.3) is 15.9 Å². The number of aromatic nitrogens is 1. The van der Waals surface area contributed by atoms with Gasteiger partial charge in [-0.05, 0) is 42.5 Å². The van der Waals surface area contributed by atoms with Gasteiger partial charge in [-0.25, -0.2) is 13.4 Å². The minimum absolute atomic E-state index is 0.0138. The lowest BCUT2D eigenvalue weighted by Gasteiger charge is -2.22. The van der Waals surface area contributed by atoms with E-state index in [1.165, 1.54) is 29.5 Å².